The van der Waals surface area contributed by atoms with Crippen molar-refractivity contribution in [2.24, 2.45) is 0 Å². The third kappa shape index (κ3) is 3.65. The number of hydrogen-bond acceptors (Lipinski definition) is 5. The second-order valence-electron chi connectivity index (χ2n) is 5.61. The van der Waals surface area contributed by atoms with Crippen molar-refractivity contribution in [2.75, 3.05) is 36.5 Å². The summed E-state index contributed by atoms with van der Waals surface area (Å²) in [6, 6.07) is 7.55. The molecular formula is C17H20N4O2. The molecule has 1 amide bonds. The zero-order chi connectivity index (χ0) is 16.2. The fourth-order valence-corrected chi connectivity index (χ4v) is 2.53. The van der Waals surface area contributed by atoms with Gasteiger partial charge in [0.15, 0.2) is 0 Å². The van der Waals surface area contributed by atoms with Crippen molar-refractivity contribution in [3.63, 3.8) is 0 Å². The summed E-state index contributed by atoms with van der Waals surface area (Å²) >= 11 is 0. The van der Waals surface area contributed by atoms with Gasteiger partial charge in [-0.15, -0.1) is 0 Å². The number of nitrogens with zero attached hydrogens (tertiary/aromatic N) is 3. The highest BCUT2D eigenvalue weighted by molar-refractivity contribution is 6.03. The second-order valence-corrected chi connectivity index (χ2v) is 5.61. The van der Waals surface area contributed by atoms with E-state index in [1.165, 1.54) is 0 Å². The quantitative estimate of drug-likeness (QED) is 0.941. The Labute approximate surface area is 135 Å². The minimum atomic E-state index is -0.228. The van der Waals surface area contributed by atoms with Crippen molar-refractivity contribution in [2.45, 2.75) is 13.8 Å². The van der Waals surface area contributed by atoms with Crippen LogP contribution < -0.4 is 10.2 Å². The Balaban J connectivity index is 1.76. The van der Waals surface area contributed by atoms with Gasteiger partial charge in [0.25, 0.3) is 5.91 Å². The summed E-state index contributed by atoms with van der Waals surface area (Å²) in [5, 5.41) is 2.91. The van der Waals surface area contributed by atoms with Crippen LogP contribution in [0.25, 0.3) is 0 Å². The first-order chi connectivity index (χ1) is 11.1. The van der Waals surface area contributed by atoms with E-state index in [0.29, 0.717) is 24.9 Å². The average Bonchev–Trinajstić information content (AvgIpc) is 2.58. The Morgan fingerprint density at radius 3 is 2.74 bits per heavy atom. The molecule has 6 heteroatoms. The highest BCUT2D eigenvalue weighted by Gasteiger charge is 2.16. The molecule has 3 rings (SSSR count). The third-order valence-electron chi connectivity index (χ3n) is 3.80. The number of nitrogens with one attached hydrogen (secondary N) is 1. The van der Waals surface area contributed by atoms with Crippen LogP contribution in [0.15, 0.2) is 30.5 Å². The van der Waals surface area contributed by atoms with Crippen molar-refractivity contribution in [1.82, 2.24) is 9.97 Å². The van der Waals surface area contributed by atoms with Crippen LogP contribution in [0.1, 0.15) is 21.6 Å². The molecule has 1 fully saturated rings. The van der Waals surface area contributed by atoms with Crippen LogP contribution >= 0.6 is 0 Å². The number of aromatic nitrogens is 2. The molecule has 6 nitrogen and oxygen atoms in total. The van der Waals surface area contributed by atoms with Crippen molar-refractivity contribution in [1.29, 1.82) is 0 Å². The highest BCUT2D eigenvalue weighted by atomic mass is 16.5. The Bertz CT molecular complexity index is 711. The summed E-state index contributed by atoms with van der Waals surface area (Å²) in [5.41, 5.74) is 3.35. The zero-order valence-corrected chi connectivity index (χ0v) is 13.4. The zero-order valence-electron chi connectivity index (χ0n) is 13.4. The Hall–Kier alpha value is -2.47. The molecule has 0 atom stereocenters. The van der Waals surface area contributed by atoms with Crippen LogP contribution in [-0.2, 0) is 4.74 Å². The van der Waals surface area contributed by atoms with Gasteiger partial charge in [-0.25, -0.2) is 9.97 Å². The molecule has 1 aliphatic rings. The minimum Gasteiger partial charge on any atom is -0.378 e. The maximum Gasteiger partial charge on any atom is 0.274 e. The van der Waals surface area contributed by atoms with Gasteiger partial charge in [-0.2, -0.15) is 0 Å². The van der Waals surface area contributed by atoms with Crippen LogP contribution in [0.3, 0.4) is 0 Å². The summed E-state index contributed by atoms with van der Waals surface area (Å²) in [6.07, 6.45) is 1.62. The van der Waals surface area contributed by atoms with E-state index >= 15 is 0 Å². The number of rotatable bonds is 3. The van der Waals surface area contributed by atoms with E-state index in [4.69, 9.17) is 4.74 Å². The number of ether oxygens (including phenoxy) is 1. The number of carbonyl (C=O) groups is 1. The predicted octanol–water partition coefficient (Wildman–Crippen LogP) is 2.18. The summed E-state index contributed by atoms with van der Waals surface area (Å²) < 4.78 is 5.32. The molecule has 0 aliphatic carbocycles. The maximum atomic E-state index is 12.4. The average molecular weight is 312 g/mol. The summed E-state index contributed by atoms with van der Waals surface area (Å²) in [6.45, 7) is 6.79. The molecule has 2 heterocycles. The van der Waals surface area contributed by atoms with Crippen molar-refractivity contribution in [3.05, 3.63) is 47.3 Å². The molecule has 1 aromatic carbocycles. The molecule has 0 radical (unpaired) electrons. The molecule has 0 saturated carbocycles. The van der Waals surface area contributed by atoms with Gasteiger partial charge in [0.1, 0.15) is 5.69 Å². The van der Waals surface area contributed by atoms with E-state index < -0.39 is 0 Å². The molecule has 1 N–H and O–H groups in total. The fourth-order valence-electron chi connectivity index (χ4n) is 2.53. The lowest BCUT2D eigenvalue weighted by Crippen LogP contribution is -2.37. The van der Waals surface area contributed by atoms with Gasteiger partial charge in [0, 0.05) is 25.0 Å². The first kappa shape index (κ1) is 15.4. The maximum absolute atomic E-state index is 12.4. The highest BCUT2D eigenvalue weighted by Crippen LogP contribution is 2.17. The summed E-state index contributed by atoms with van der Waals surface area (Å²) in [5.74, 6) is 0.343. The van der Waals surface area contributed by atoms with E-state index in [9.17, 15) is 4.79 Å². The van der Waals surface area contributed by atoms with Gasteiger partial charge in [0.05, 0.1) is 13.2 Å². The van der Waals surface area contributed by atoms with Crippen LogP contribution in [0, 0.1) is 13.8 Å². The SMILES string of the molecule is Cc1ccc(NC(=O)c2ccnc(N3CCOCC3)n2)c(C)c1. The number of hydrogen-bond donors (Lipinski definition) is 1. The van der Waals surface area contributed by atoms with Gasteiger partial charge in [-0.1, -0.05) is 17.7 Å². The van der Waals surface area contributed by atoms with Gasteiger partial charge in [0.2, 0.25) is 5.95 Å². The molecule has 0 spiro atoms. The number of benzene rings is 1. The lowest BCUT2D eigenvalue weighted by molar-refractivity contribution is 0.102. The molecule has 0 unspecified atom stereocenters. The Morgan fingerprint density at radius 1 is 1.22 bits per heavy atom. The van der Waals surface area contributed by atoms with Crippen molar-refractivity contribution in [3.8, 4) is 0 Å². The Morgan fingerprint density at radius 2 is 2.00 bits per heavy atom. The normalized spacial score (nSPS) is 14.6. The number of amides is 1. The lowest BCUT2D eigenvalue weighted by atomic mass is 10.1. The topological polar surface area (TPSA) is 67.4 Å². The monoisotopic (exact) mass is 312 g/mol. The van der Waals surface area contributed by atoms with E-state index in [0.717, 1.165) is 29.9 Å². The Kier molecular flexibility index (Phi) is 4.52. The van der Waals surface area contributed by atoms with Gasteiger partial charge in [-0.05, 0) is 31.5 Å². The fraction of sp³-hybridized carbons (Fsp3) is 0.353. The van der Waals surface area contributed by atoms with Crippen LogP contribution in [-0.4, -0.2) is 42.2 Å². The smallest absolute Gasteiger partial charge is 0.274 e. The largest absolute Gasteiger partial charge is 0.378 e. The molecule has 2 aromatic rings. The molecule has 1 saturated heterocycles. The van der Waals surface area contributed by atoms with E-state index in [2.05, 4.69) is 15.3 Å². The number of morpholine rings is 1. The number of anilines is 2. The second kappa shape index (κ2) is 6.75. The lowest BCUT2D eigenvalue weighted by Gasteiger charge is -2.26. The van der Waals surface area contributed by atoms with Crippen molar-refractivity contribution < 1.29 is 9.53 Å². The van der Waals surface area contributed by atoms with Crippen LogP contribution in [0.5, 0.6) is 0 Å². The third-order valence-corrected chi connectivity index (χ3v) is 3.80. The van der Waals surface area contributed by atoms with Crippen LogP contribution in [0.4, 0.5) is 11.6 Å². The molecule has 0 bridgehead atoms. The number of aryl methyl sites for hydroxylation is 2. The summed E-state index contributed by atoms with van der Waals surface area (Å²) in [4.78, 5) is 23.1. The molecule has 23 heavy (non-hydrogen) atoms. The standard InChI is InChI=1S/C17H20N4O2/c1-12-3-4-14(13(2)11-12)19-16(22)15-5-6-18-17(20-15)21-7-9-23-10-8-21/h3-6,11H,7-10H2,1-2H3,(H,19,22). The molecular weight excluding hydrogens is 292 g/mol. The predicted molar refractivity (Wildman–Crippen MR) is 88.9 cm³/mol. The van der Waals surface area contributed by atoms with Gasteiger partial charge >= 0.3 is 0 Å². The molecule has 1 aliphatic heterocycles. The first-order valence-corrected chi connectivity index (χ1v) is 7.68. The number of carbonyl (C=O) groups excluding carboxylic acids is 1. The van der Waals surface area contributed by atoms with Crippen LogP contribution in [0.2, 0.25) is 0 Å². The van der Waals surface area contributed by atoms with E-state index in [-0.39, 0.29) is 5.91 Å². The summed E-state index contributed by atoms with van der Waals surface area (Å²) in [7, 11) is 0. The van der Waals surface area contributed by atoms with Gasteiger partial charge in [-0.3, -0.25) is 4.79 Å². The van der Waals surface area contributed by atoms with Crippen molar-refractivity contribution >= 4 is 17.5 Å². The first-order valence-electron chi connectivity index (χ1n) is 7.68. The van der Waals surface area contributed by atoms with E-state index in [1.54, 1.807) is 12.3 Å². The molecule has 1 aromatic heterocycles. The molecule has 120 valence electrons. The van der Waals surface area contributed by atoms with E-state index in [1.807, 2.05) is 36.9 Å². The van der Waals surface area contributed by atoms with Gasteiger partial charge < -0.3 is 15.0 Å². The minimum absolute atomic E-state index is 0.228.